The summed E-state index contributed by atoms with van der Waals surface area (Å²) in [4.78, 5) is 19.9. The summed E-state index contributed by atoms with van der Waals surface area (Å²) >= 11 is 0. The zero-order chi connectivity index (χ0) is 27.8. The average molecular weight is 552 g/mol. The molecule has 9 atom stereocenters. The number of aliphatic hydroxyl groups excluding tert-OH is 7. The third kappa shape index (κ3) is 4.81. The molecule has 18 heteroatoms. The Kier molecular flexibility index (Phi) is 7.71. The molecule has 0 unspecified atom stereocenters. The molecule has 6 heterocycles. The first-order valence-corrected chi connectivity index (χ1v) is 11.9. The first-order valence-electron chi connectivity index (χ1n) is 11.9. The second-order valence-corrected chi connectivity index (χ2v) is 9.08. The van der Waals surface area contributed by atoms with E-state index in [0.717, 1.165) is 0 Å². The summed E-state index contributed by atoms with van der Waals surface area (Å²) in [5, 5.41) is 70.4. The van der Waals surface area contributed by atoms with Crippen LogP contribution < -0.4 is 11.1 Å². The van der Waals surface area contributed by atoms with Crippen molar-refractivity contribution in [1.29, 1.82) is 0 Å². The Balaban J connectivity index is 0.000000158. The fraction of sp³-hybridized carbons (Fsp3) is 0.571. The van der Waals surface area contributed by atoms with Crippen LogP contribution in [0.3, 0.4) is 0 Å². The third-order valence-corrected chi connectivity index (χ3v) is 6.68. The summed E-state index contributed by atoms with van der Waals surface area (Å²) in [7, 11) is 0. The number of nitrogens with two attached hydrogens (primary N) is 1. The number of aliphatic imine (C=N–C) groups is 1. The monoisotopic (exact) mass is 551 g/mol. The van der Waals surface area contributed by atoms with Gasteiger partial charge < -0.3 is 56.3 Å². The highest BCUT2D eigenvalue weighted by Gasteiger charge is 2.45. The van der Waals surface area contributed by atoms with Gasteiger partial charge in [-0.25, -0.2) is 19.9 Å². The smallest absolute Gasteiger partial charge is 0.167 e. The van der Waals surface area contributed by atoms with Crippen LogP contribution in [-0.4, -0.2) is 128 Å². The van der Waals surface area contributed by atoms with E-state index in [1.165, 1.54) is 34.5 Å². The van der Waals surface area contributed by atoms with Gasteiger partial charge in [0, 0.05) is 0 Å². The molecule has 3 aliphatic heterocycles. The van der Waals surface area contributed by atoms with Crippen LogP contribution in [0.4, 0.5) is 11.6 Å². The van der Waals surface area contributed by atoms with Crippen molar-refractivity contribution in [3.8, 4) is 0 Å². The van der Waals surface area contributed by atoms with Gasteiger partial charge in [0.1, 0.15) is 66.1 Å². The van der Waals surface area contributed by atoms with E-state index in [0.29, 0.717) is 22.7 Å². The van der Waals surface area contributed by atoms with E-state index in [-0.39, 0.29) is 12.4 Å². The van der Waals surface area contributed by atoms with E-state index in [4.69, 9.17) is 25.4 Å². The van der Waals surface area contributed by atoms with E-state index >= 15 is 0 Å². The highest BCUT2D eigenvalue weighted by molar-refractivity contribution is 5.81. The minimum atomic E-state index is -1.20. The minimum Gasteiger partial charge on any atom is -0.394 e. The molecule has 10 N–H and O–H groups in total. The number of fused-ring (bicyclic) bond motifs is 2. The molecule has 39 heavy (non-hydrogen) atoms. The predicted molar refractivity (Wildman–Crippen MR) is 130 cm³/mol. The molecule has 0 bridgehead atoms. The number of ether oxygens (including phenoxy) is 2. The van der Waals surface area contributed by atoms with Crippen molar-refractivity contribution in [2.45, 2.75) is 55.2 Å². The normalized spacial score (nSPS) is 33.9. The van der Waals surface area contributed by atoms with Crippen LogP contribution in [-0.2, 0) is 9.47 Å². The number of rotatable bonds is 4. The number of aromatic nitrogens is 6. The number of nitrogens with one attached hydrogen (secondary N) is 1. The van der Waals surface area contributed by atoms with Crippen molar-refractivity contribution in [2.75, 3.05) is 30.8 Å². The first-order chi connectivity index (χ1) is 18.8. The summed E-state index contributed by atoms with van der Waals surface area (Å²) in [5.41, 5.74) is 6.83. The molecule has 0 saturated carbocycles. The Morgan fingerprint density at radius 2 is 1.46 bits per heavy atom. The fourth-order valence-corrected chi connectivity index (χ4v) is 4.58. The third-order valence-electron chi connectivity index (χ3n) is 6.68. The van der Waals surface area contributed by atoms with Crippen LogP contribution in [0.1, 0.15) is 24.3 Å². The molecule has 2 saturated heterocycles. The van der Waals surface area contributed by atoms with Crippen molar-refractivity contribution in [1.82, 2.24) is 29.1 Å². The number of hydrogen-bond acceptors (Lipinski definition) is 16. The van der Waals surface area contributed by atoms with Gasteiger partial charge >= 0.3 is 0 Å². The molecule has 3 aromatic rings. The maximum atomic E-state index is 10.0. The van der Waals surface area contributed by atoms with E-state index < -0.39 is 68.4 Å². The first kappa shape index (κ1) is 27.2. The van der Waals surface area contributed by atoms with Gasteiger partial charge in [-0.2, -0.15) is 0 Å². The Labute approximate surface area is 219 Å². The van der Waals surface area contributed by atoms with Gasteiger partial charge in [-0.1, -0.05) is 0 Å². The lowest BCUT2D eigenvalue weighted by atomic mass is 10.1. The number of nitrogens with zero attached hydrogens (tertiary/aromatic N) is 7. The van der Waals surface area contributed by atoms with E-state index in [2.05, 4.69) is 30.2 Å². The molecule has 6 rings (SSSR count). The van der Waals surface area contributed by atoms with E-state index in [9.17, 15) is 25.5 Å². The molecule has 0 aromatic carbocycles. The molecule has 2 fully saturated rings. The van der Waals surface area contributed by atoms with Gasteiger partial charge in [-0.05, 0) is 0 Å². The van der Waals surface area contributed by atoms with Gasteiger partial charge in [0.05, 0.1) is 38.8 Å². The molecule has 0 spiro atoms. The molecule has 0 amide bonds. The number of aliphatic hydroxyl groups is 7. The summed E-state index contributed by atoms with van der Waals surface area (Å²) in [6.07, 6.45) is -3.60. The molecular weight excluding hydrogens is 522 g/mol. The van der Waals surface area contributed by atoms with Gasteiger partial charge in [0.25, 0.3) is 0 Å². The van der Waals surface area contributed by atoms with Crippen LogP contribution >= 0.6 is 0 Å². The minimum absolute atomic E-state index is 0.187. The fourth-order valence-electron chi connectivity index (χ4n) is 4.58. The molecule has 212 valence electrons. The van der Waals surface area contributed by atoms with Crippen molar-refractivity contribution in [3.63, 3.8) is 0 Å². The molecule has 0 radical (unpaired) electrons. The quantitative estimate of drug-likeness (QED) is 0.149. The lowest BCUT2D eigenvalue weighted by molar-refractivity contribution is -0.0518. The SMILES string of the molecule is Nc1ncnc2c1ncn2[C@@H]1O[C@H](CO)[C@@H](O)[C@H]1O.OC[C@H]1O[C@@H](n2cnc3c2NC=NC[C@H]3O)[C@H](O)[C@@H]1O. The van der Waals surface area contributed by atoms with E-state index in [1.54, 1.807) is 0 Å². The number of nitrogen functional groups attached to an aromatic ring is 1. The number of anilines is 2. The van der Waals surface area contributed by atoms with Crippen molar-refractivity contribution in [2.24, 2.45) is 4.99 Å². The molecule has 18 nitrogen and oxygen atoms in total. The Hall–Kier alpha value is -3.33. The summed E-state index contributed by atoms with van der Waals surface area (Å²) in [6.45, 7) is -0.603. The van der Waals surface area contributed by atoms with Crippen molar-refractivity contribution in [3.05, 3.63) is 24.7 Å². The summed E-state index contributed by atoms with van der Waals surface area (Å²) < 4.78 is 13.8. The maximum Gasteiger partial charge on any atom is 0.167 e. The Bertz CT molecular complexity index is 1320. The highest BCUT2D eigenvalue weighted by Crippen LogP contribution is 2.35. The van der Waals surface area contributed by atoms with Crippen LogP contribution in [0.2, 0.25) is 0 Å². The Morgan fingerprint density at radius 1 is 0.846 bits per heavy atom. The van der Waals surface area contributed by atoms with Crippen LogP contribution in [0.5, 0.6) is 0 Å². The lowest BCUT2D eigenvalue weighted by Crippen LogP contribution is -2.33. The second kappa shape index (κ2) is 11.0. The molecular formula is C21H29N9O9. The largest absolute Gasteiger partial charge is 0.394 e. The number of hydrogen-bond donors (Lipinski definition) is 9. The Morgan fingerprint density at radius 3 is 2.08 bits per heavy atom. The van der Waals surface area contributed by atoms with Crippen molar-refractivity contribution < 1.29 is 45.2 Å². The lowest BCUT2D eigenvalue weighted by Gasteiger charge is -2.19. The van der Waals surface area contributed by atoms with Crippen LogP contribution in [0.15, 0.2) is 24.0 Å². The van der Waals surface area contributed by atoms with Gasteiger partial charge in [0.15, 0.2) is 23.9 Å². The second-order valence-electron chi connectivity index (χ2n) is 9.08. The van der Waals surface area contributed by atoms with Crippen LogP contribution in [0.25, 0.3) is 11.2 Å². The molecule has 3 aromatic heterocycles. The zero-order valence-electron chi connectivity index (χ0n) is 20.3. The summed E-state index contributed by atoms with van der Waals surface area (Å²) in [6, 6.07) is 0. The molecule has 3 aliphatic rings. The average Bonchev–Trinajstić information content (AvgIpc) is 3.66. The standard InChI is InChI=1S/C11H16N4O5.C10H13N5O4/c16-2-6-8(18)9(19)11(20-6)15-4-14-7-5(17)1-12-3-13-10(7)15;11-8-5-9(13-2-12-8)15(3-14-5)10-7(18)6(17)4(1-16)19-10/h3-6,8-9,11,16-19H,1-2H2,(H,12,13);2-4,6-7,10,16-18H,1H2,(H2,11,12,13)/t5-,6-,8-,9-,11-;4-,6-,7-,10-/m11/s1. The molecule has 0 aliphatic carbocycles. The van der Waals surface area contributed by atoms with Crippen LogP contribution in [0, 0.1) is 0 Å². The summed E-state index contributed by atoms with van der Waals surface area (Å²) in [5.74, 6) is 0.657. The highest BCUT2D eigenvalue weighted by atomic mass is 16.6. The maximum absolute atomic E-state index is 10.0. The van der Waals surface area contributed by atoms with E-state index in [1.807, 2.05) is 0 Å². The predicted octanol–water partition coefficient (Wildman–Crippen LogP) is -4.00. The van der Waals surface area contributed by atoms with Gasteiger partial charge in [-0.3, -0.25) is 14.1 Å². The number of imidazole rings is 2. The van der Waals surface area contributed by atoms with Gasteiger partial charge in [0.2, 0.25) is 0 Å². The van der Waals surface area contributed by atoms with Crippen molar-refractivity contribution >= 4 is 29.1 Å². The van der Waals surface area contributed by atoms with Gasteiger partial charge in [-0.15, -0.1) is 0 Å². The topological polar surface area (TPSA) is 272 Å². The zero-order valence-corrected chi connectivity index (χ0v) is 20.3.